The van der Waals surface area contributed by atoms with E-state index >= 15 is 0 Å². The monoisotopic (exact) mass is 587 g/mol. The van der Waals surface area contributed by atoms with E-state index in [-0.39, 0.29) is 22.8 Å². The maximum Gasteiger partial charge on any atom is 0.308 e. The molecule has 0 bridgehead atoms. The fourth-order valence-electron chi connectivity index (χ4n) is 5.22. The third-order valence-electron chi connectivity index (χ3n) is 7.02. The lowest BCUT2D eigenvalue weighted by atomic mass is 9.84. The number of imide groups is 1. The van der Waals surface area contributed by atoms with Gasteiger partial charge in [0.1, 0.15) is 11.8 Å². The molecule has 4 aromatic rings. The maximum atomic E-state index is 13.9. The molecule has 2 aliphatic rings. The number of nitrogens with zero attached hydrogens (tertiary/aromatic N) is 4. The summed E-state index contributed by atoms with van der Waals surface area (Å²) < 4.78 is 1.35. The van der Waals surface area contributed by atoms with Crippen LogP contribution in [-0.2, 0) is 20.9 Å². The quantitative estimate of drug-likeness (QED) is 0.203. The van der Waals surface area contributed by atoms with Gasteiger partial charge in [0.15, 0.2) is 0 Å². The lowest BCUT2D eigenvalue weighted by Gasteiger charge is -2.30. The number of thiazole rings is 1. The molecule has 1 N–H and O–H groups in total. The Hall–Kier alpha value is -4.62. The number of carbonyl (C=O) groups excluding carboxylic acids is 3. The molecule has 3 amide bonds. The molecule has 3 atom stereocenters. The van der Waals surface area contributed by atoms with Crippen molar-refractivity contribution in [3.05, 3.63) is 109 Å². The molecule has 0 saturated carbocycles. The second-order valence-electron chi connectivity index (χ2n) is 9.65. The van der Waals surface area contributed by atoms with Gasteiger partial charge in [-0.2, -0.15) is 0 Å². The third-order valence-corrected chi connectivity index (χ3v) is 9.62. The van der Waals surface area contributed by atoms with Gasteiger partial charge in [-0.25, -0.2) is 4.90 Å². The van der Waals surface area contributed by atoms with Crippen LogP contribution in [0.4, 0.5) is 17.1 Å². The molecule has 0 aliphatic carbocycles. The number of pyridine rings is 1. The molecule has 41 heavy (non-hydrogen) atoms. The predicted octanol–water partition coefficient (Wildman–Crippen LogP) is 3.96. The zero-order valence-corrected chi connectivity index (χ0v) is 23.1. The number of thioether (sulfide) groups is 1. The van der Waals surface area contributed by atoms with Crippen LogP contribution in [0.3, 0.4) is 0 Å². The molecular weight excluding hydrogens is 566 g/mol. The number of non-ortho nitro benzene ring substituents is 1. The van der Waals surface area contributed by atoms with E-state index in [9.17, 15) is 29.3 Å². The molecule has 0 spiro atoms. The molecule has 3 unspecified atom stereocenters. The van der Waals surface area contributed by atoms with Gasteiger partial charge in [0.25, 0.3) is 5.69 Å². The minimum Gasteiger partial charge on any atom is -0.325 e. The van der Waals surface area contributed by atoms with Crippen molar-refractivity contribution in [2.75, 3.05) is 10.2 Å². The van der Waals surface area contributed by atoms with E-state index in [2.05, 4.69) is 10.3 Å². The van der Waals surface area contributed by atoms with Crippen LogP contribution < -0.4 is 15.1 Å². The van der Waals surface area contributed by atoms with Crippen molar-refractivity contribution in [1.29, 1.82) is 0 Å². The number of nitro groups is 1. The van der Waals surface area contributed by atoms with E-state index in [1.165, 1.54) is 28.8 Å². The molecular formula is C28H21N5O6S2. The summed E-state index contributed by atoms with van der Waals surface area (Å²) in [7, 11) is 0. The van der Waals surface area contributed by atoms with Crippen LogP contribution in [0.25, 0.3) is 0 Å². The Morgan fingerprint density at radius 2 is 1.85 bits per heavy atom. The van der Waals surface area contributed by atoms with Crippen LogP contribution in [0.2, 0.25) is 0 Å². The van der Waals surface area contributed by atoms with Crippen molar-refractivity contribution in [3.63, 3.8) is 0 Å². The van der Waals surface area contributed by atoms with E-state index in [4.69, 9.17) is 0 Å². The minimum atomic E-state index is -0.879. The second kappa shape index (κ2) is 10.4. The first-order valence-corrected chi connectivity index (χ1v) is 14.2. The number of hydrogen-bond acceptors (Lipinski definition) is 9. The molecule has 1 fully saturated rings. The molecule has 2 aromatic carbocycles. The van der Waals surface area contributed by atoms with Gasteiger partial charge in [-0.3, -0.25) is 38.8 Å². The number of hydrogen-bond donors (Lipinski definition) is 1. The standard InChI is InChI=1S/C28H21N5O6S2/c1-15-4-2-6-17(12-15)30-20(34)14-31-27-24(41-28(31)37)21(16-5-3-11-29-13-16)22-23(40-27)26(36)32(25(22)35)18-7-9-19(10-8-18)33(38)39/h2-13,21-23H,14H2,1H3,(H,30,34). The zero-order chi connectivity index (χ0) is 28.8. The van der Waals surface area contributed by atoms with Gasteiger partial charge in [-0.05, 0) is 48.4 Å². The van der Waals surface area contributed by atoms with Crippen LogP contribution in [0.15, 0.2) is 82.9 Å². The van der Waals surface area contributed by atoms with Crippen molar-refractivity contribution in [2.24, 2.45) is 5.92 Å². The van der Waals surface area contributed by atoms with Crippen LogP contribution in [0, 0.1) is 23.0 Å². The fourth-order valence-corrected chi connectivity index (χ4v) is 7.99. The maximum absolute atomic E-state index is 13.9. The zero-order valence-electron chi connectivity index (χ0n) is 21.4. The first-order valence-electron chi connectivity index (χ1n) is 12.5. The molecule has 13 heteroatoms. The lowest BCUT2D eigenvalue weighted by molar-refractivity contribution is -0.384. The summed E-state index contributed by atoms with van der Waals surface area (Å²) in [6.45, 7) is 1.64. The average molecular weight is 588 g/mol. The molecule has 11 nitrogen and oxygen atoms in total. The van der Waals surface area contributed by atoms with Gasteiger partial charge >= 0.3 is 4.87 Å². The molecule has 0 radical (unpaired) electrons. The van der Waals surface area contributed by atoms with Crippen LogP contribution in [-0.4, -0.2) is 37.4 Å². The highest BCUT2D eigenvalue weighted by molar-refractivity contribution is 8.00. The summed E-state index contributed by atoms with van der Waals surface area (Å²) >= 11 is 2.04. The smallest absolute Gasteiger partial charge is 0.308 e. The molecule has 206 valence electrons. The first-order chi connectivity index (χ1) is 19.7. The number of benzene rings is 2. The largest absolute Gasteiger partial charge is 0.325 e. The summed E-state index contributed by atoms with van der Waals surface area (Å²) in [4.78, 5) is 69.8. The van der Waals surface area contributed by atoms with E-state index in [1.54, 1.807) is 30.6 Å². The minimum absolute atomic E-state index is 0.164. The molecule has 6 rings (SSSR count). The Morgan fingerprint density at radius 1 is 1.07 bits per heavy atom. The van der Waals surface area contributed by atoms with E-state index in [0.29, 0.717) is 21.2 Å². The number of amides is 3. The highest BCUT2D eigenvalue weighted by Crippen LogP contribution is 2.53. The van der Waals surface area contributed by atoms with Gasteiger partial charge in [0, 0.05) is 41.0 Å². The lowest BCUT2D eigenvalue weighted by Crippen LogP contribution is -2.33. The Morgan fingerprint density at radius 3 is 2.54 bits per heavy atom. The van der Waals surface area contributed by atoms with Crippen molar-refractivity contribution >= 4 is 57.9 Å². The van der Waals surface area contributed by atoms with Crippen LogP contribution in [0.1, 0.15) is 21.9 Å². The number of fused-ring (bicyclic) bond motifs is 2. The highest BCUT2D eigenvalue weighted by Gasteiger charge is 2.57. The van der Waals surface area contributed by atoms with Crippen LogP contribution in [0.5, 0.6) is 0 Å². The van der Waals surface area contributed by atoms with Gasteiger partial charge < -0.3 is 5.32 Å². The normalized spacial score (nSPS) is 19.5. The third kappa shape index (κ3) is 4.72. The van der Waals surface area contributed by atoms with E-state index in [1.807, 2.05) is 25.1 Å². The Labute approximate surface area is 241 Å². The predicted molar refractivity (Wildman–Crippen MR) is 153 cm³/mol. The van der Waals surface area contributed by atoms with Gasteiger partial charge in [-0.15, -0.1) is 0 Å². The number of anilines is 2. The number of aryl methyl sites for hydroxylation is 1. The Kier molecular flexibility index (Phi) is 6.75. The SMILES string of the molecule is Cc1cccc(NC(=O)Cn2c3c(sc2=O)C(c2cccnc2)C2C(=O)N(c4ccc([N+](=O)[O-])cc4)C(=O)C2S3)c1. The highest BCUT2D eigenvalue weighted by atomic mass is 32.2. The van der Waals surface area contributed by atoms with Crippen molar-refractivity contribution in [1.82, 2.24) is 9.55 Å². The summed E-state index contributed by atoms with van der Waals surface area (Å²) in [5.74, 6) is -2.85. The summed E-state index contributed by atoms with van der Waals surface area (Å²) in [6.07, 6.45) is 3.19. The number of nitro benzene ring substituents is 1. The van der Waals surface area contributed by atoms with Gasteiger partial charge in [0.2, 0.25) is 17.7 Å². The topological polar surface area (TPSA) is 145 Å². The van der Waals surface area contributed by atoms with E-state index < -0.39 is 39.7 Å². The molecule has 2 aliphatic heterocycles. The Balaban J connectivity index is 1.38. The number of aromatic nitrogens is 2. The van der Waals surface area contributed by atoms with Crippen molar-refractivity contribution < 1.29 is 19.3 Å². The van der Waals surface area contributed by atoms with Crippen LogP contribution >= 0.6 is 23.1 Å². The summed E-state index contributed by atoms with van der Waals surface area (Å²) in [5, 5.41) is 13.5. The number of nitrogens with one attached hydrogen (secondary N) is 1. The van der Waals surface area contributed by atoms with Gasteiger partial charge in [-0.1, -0.05) is 41.3 Å². The van der Waals surface area contributed by atoms with Gasteiger partial charge in [0.05, 0.1) is 21.6 Å². The average Bonchev–Trinajstić information content (AvgIpc) is 3.39. The molecule has 4 heterocycles. The molecule has 2 aromatic heterocycles. The number of rotatable bonds is 6. The van der Waals surface area contributed by atoms with E-state index in [0.717, 1.165) is 33.6 Å². The number of carbonyl (C=O) groups is 3. The first kappa shape index (κ1) is 26.6. The summed E-state index contributed by atoms with van der Waals surface area (Å²) in [6, 6.07) is 16.0. The fraction of sp³-hybridized carbons (Fsp3) is 0.179. The summed E-state index contributed by atoms with van der Waals surface area (Å²) in [5.41, 5.74) is 2.29. The second-order valence-corrected chi connectivity index (χ2v) is 11.8. The van der Waals surface area contributed by atoms with Crippen molar-refractivity contribution in [3.8, 4) is 0 Å². The van der Waals surface area contributed by atoms with Crippen molar-refractivity contribution in [2.45, 2.75) is 29.7 Å². The molecule has 1 saturated heterocycles. The Bertz CT molecular complexity index is 1770.